The summed E-state index contributed by atoms with van der Waals surface area (Å²) in [7, 11) is -2.97. The monoisotopic (exact) mass is 338 g/mol. The lowest BCUT2D eigenvalue weighted by Gasteiger charge is -2.37. The lowest BCUT2D eigenvalue weighted by Crippen LogP contribution is -2.52. The van der Waals surface area contributed by atoms with Gasteiger partial charge in [0.15, 0.2) is 5.96 Å². The minimum Gasteiger partial charge on any atom is -0.368 e. The Kier molecular flexibility index (Phi) is 6.27. The highest BCUT2D eigenvalue weighted by Gasteiger charge is 2.19. The molecule has 23 heavy (non-hydrogen) atoms. The van der Waals surface area contributed by atoms with E-state index in [0.717, 1.165) is 38.7 Å². The van der Waals surface area contributed by atoms with Crippen LogP contribution in [0.25, 0.3) is 0 Å². The average molecular weight is 338 g/mol. The van der Waals surface area contributed by atoms with Gasteiger partial charge in [0.2, 0.25) is 0 Å². The van der Waals surface area contributed by atoms with Gasteiger partial charge < -0.3 is 15.1 Å². The molecule has 0 aromatic heterocycles. The Labute approximate surface area is 139 Å². The zero-order valence-electron chi connectivity index (χ0n) is 13.9. The minimum absolute atomic E-state index is 0.0892. The number of piperazine rings is 1. The molecule has 6 nitrogen and oxygen atoms in total. The highest BCUT2D eigenvalue weighted by molar-refractivity contribution is 7.90. The van der Waals surface area contributed by atoms with Crippen molar-refractivity contribution >= 4 is 21.5 Å². The van der Waals surface area contributed by atoms with Crippen molar-refractivity contribution in [3.05, 3.63) is 30.3 Å². The van der Waals surface area contributed by atoms with E-state index in [1.54, 1.807) is 0 Å². The first-order chi connectivity index (χ1) is 11.0. The number of anilines is 1. The summed E-state index contributed by atoms with van der Waals surface area (Å²) in [4.78, 5) is 9.01. The van der Waals surface area contributed by atoms with Crippen LogP contribution < -0.4 is 10.2 Å². The van der Waals surface area contributed by atoms with E-state index in [2.05, 4.69) is 44.4 Å². The van der Waals surface area contributed by atoms with E-state index in [4.69, 9.17) is 0 Å². The smallest absolute Gasteiger partial charge is 0.194 e. The molecule has 1 heterocycles. The van der Waals surface area contributed by atoms with E-state index < -0.39 is 9.84 Å². The van der Waals surface area contributed by atoms with Crippen molar-refractivity contribution in [2.45, 2.75) is 6.92 Å². The third kappa shape index (κ3) is 5.74. The van der Waals surface area contributed by atoms with Crippen molar-refractivity contribution in [2.75, 3.05) is 56.2 Å². The largest absolute Gasteiger partial charge is 0.368 e. The fourth-order valence-electron chi connectivity index (χ4n) is 2.56. The van der Waals surface area contributed by atoms with Gasteiger partial charge >= 0.3 is 0 Å². The molecule has 0 atom stereocenters. The SMILES string of the molecule is CCNC(=NCCS(C)(=O)=O)N1CCN(c2ccccc2)CC1. The summed E-state index contributed by atoms with van der Waals surface area (Å²) in [6, 6.07) is 10.4. The quantitative estimate of drug-likeness (QED) is 0.636. The number of rotatable bonds is 5. The number of aliphatic imine (C=N–C) groups is 1. The summed E-state index contributed by atoms with van der Waals surface area (Å²) < 4.78 is 22.5. The number of para-hydroxylation sites is 1. The molecular weight excluding hydrogens is 312 g/mol. The maximum absolute atomic E-state index is 11.2. The van der Waals surface area contributed by atoms with Gasteiger partial charge in [-0.3, -0.25) is 4.99 Å². The van der Waals surface area contributed by atoms with Gasteiger partial charge in [-0.2, -0.15) is 0 Å². The van der Waals surface area contributed by atoms with Gasteiger partial charge in [0.05, 0.1) is 12.3 Å². The molecule has 1 aromatic carbocycles. The van der Waals surface area contributed by atoms with Crippen LogP contribution in [-0.2, 0) is 9.84 Å². The van der Waals surface area contributed by atoms with Crippen LogP contribution in [0.3, 0.4) is 0 Å². The summed E-state index contributed by atoms with van der Waals surface area (Å²) in [6.07, 6.45) is 1.24. The summed E-state index contributed by atoms with van der Waals surface area (Å²) >= 11 is 0. The molecule has 0 aliphatic carbocycles. The zero-order chi connectivity index (χ0) is 16.7. The topological polar surface area (TPSA) is 65.0 Å². The number of benzene rings is 1. The van der Waals surface area contributed by atoms with E-state index in [9.17, 15) is 8.42 Å². The minimum atomic E-state index is -2.97. The molecule has 0 unspecified atom stereocenters. The molecule has 1 fully saturated rings. The number of hydrogen-bond donors (Lipinski definition) is 1. The van der Waals surface area contributed by atoms with E-state index in [1.165, 1.54) is 11.9 Å². The molecule has 0 spiro atoms. The van der Waals surface area contributed by atoms with E-state index in [0.29, 0.717) is 6.54 Å². The molecule has 0 saturated carbocycles. The second-order valence-electron chi connectivity index (χ2n) is 5.68. The van der Waals surface area contributed by atoms with E-state index >= 15 is 0 Å². The van der Waals surface area contributed by atoms with E-state index in [-0.39, 0.29) is 5.75 Å². The molecule has 0 radical (unpaired) electrons. The third-order valence-electron chi connectivity index (χ3n) is 3.76. The zero-order valence-corrected chi connectivity index (χ0v) is 14.7. The van der Waals surface area contributed by atoms with Crippen LogP contribution in [0.5, 0.6) is 0 Å². The van der Waals surface area contributed by atoms with Gasteiger partial charge in [-0.15, -0.1) is 0 Å². The Hall–Kier alpha value is -1.76. The standard InChI is InChI=1S/C16H26N4O2S/c1-3-17-16(18-9-14-23(2,21)22)20-12-10-19(11-13-20)15-7-5-4-6-8-15/h4-8H,3,9-14H2,1-2H3,(H,17,18). The molecule has 2 rings (SSSR count). The summed E-state index contributed by atoms with van der Waals surface area (Å²) in [5.41, 5.74) is 1.24. The van der Waals surface area contributed by atoms with Crippen molar-refractivity contribution in [3.63, 3.8) is 0 Å². The van der Waals surface area contributed by atoms with Crippen molar-refractivity contribution < 1.29 is 8.42 Å². The molecule has 1 saturated heterocycles. The second-order valence-corrected chi connectivity index (χ2v) is 7.93. The second kappa shape index (κ2) is 8.19. The van der Waals surface area contributed by atoms with E-state index in [1.807, 2.05) is 13.0 Å². The first-order valence-electron chi connectivity index (χ1n) is 8.00. The highest BCUT2D eigenvalue weighted by Crippen LogP contribution is 2.15. The van der Waals surface area contributed by atoms with Crippen LogP contribution in [0.1, 0.15) is 6.92 Å². The first kappa shape index (κ1) is 17.6. The van der Waals surface area contributed by atoms with Gasteiger partial charge in [0, 0.05) is 44.7 Å². The summed E-state index contributed by atoms with van der Waals surface area (Å²) in [5, 5.41) is 3.26. The maximum Gasteiger partial charge on any atom is 0.194 e. The predicted octanol–water partition coefficient (Wildman–Crippen LogP) is 0.819. The fraction of sp³-hybridized carbons (Fsp3) is 0.562. The van der Waals surface area contributed by atoms with Crippen LogP contribution in [-0.4, -0.2) is 70.6 Å². The number of sulfone groups is 1. The van der Waals surface area contributed by atoms with Crippen LogP contribution in [0, 0.1) is 0 Å². The molecule has 1 aliphatic heterocycles. The van der Waals surface area contributed by atoms with Crippen LogP contribution in [0.15, 0.2) is 35.3 Å². The number of nitrogens with zero attached hydrogens (tertiary/aromatic N) is 3. The van der Waals surface area contributed by atoms with Gasteiger partial charge in [0.25, 0.3) is 0 Å². The number of hydrogen-bond acceptors (Lipinski definition) is 4. The molecule has 0 amide bonds. The highest BCUT2D eigenvalue weighted by atomic mass is 32.2. The van der Waals surface area contributed by atoms with Gasteiger partial charge in [0.1, 0.15) is 9.84 Å². The molecule has 1 N–H and O–H groups in total. The van der Waals surface area contributed by atoms with Crippen molar-refractivity contribution in [1.29, 1.82) is 0 Å². The van der Waals surface area contributed by atoms with Crippen molar-refractivity contribution in [1.82, 2.24) is 10.2 Å². The van der Waals surface area contributed by atoms with Crippen molar-refractivity contribution in [2.24, 2.45) is 4.99 Å². The predicted molar refractivity (Wildman–Crippen MR) is 95.9 cm³/mol. The Morgan fingerprint density at radius 2 is 1.83 bits per heavy atom. The molecular formula is C16H26N4O2S. The Bertz CT molecular complexity index is 608. The maximum atomic E-state index is 11.2. The number of nitrogens with one attached hydrogen (secondary N) is 1. The lowest BCUT2D eigenvalue weighted by molar-refractivity contribution is 0.373. The molecule has 0 bridgehead atoms. The Morgan fingerprint density at radius 1 is 1.17 bits per heavy atom. The molecule has 7 heteroatoms. The van der Waals surface area contributed by atoms with Gasteiger partial charge in [-0.05, 0) is 19.1 Å². The van der Waals surface area contributed by atoms with Gasteiger partial charge in [-0.25, -0.2) is 8.42 Å². The van der Waals surface area contributed by atoms with Crippen LogP contribution in [0.4, 0.5) is 5.69 Å². The summed E-state index contributed by atoms with van der Waals surface area (Å²) in [6.45, 7) is 6.71. The molecule has 1 aliphatic rings. The van der Waals surface area contributed by atoms with Crippen LogP contribution in [0.2, 0.25) is 0 Å². The first-order valence-corrected chi connectivity index (χ1v) is 10.1. The van der Waals surface area contributed by atoms with Gasteiger partial charge in [-0.1, -0.05) is 18.2 Å². The average Bonchev–Trinajstić information content (AvgIpc) is 2.54. The van der Waals surface area contributed by atoms with Crippen molar-refractivity contribution in [3.8, 4) is 0 Å². The Balaban J connectivity index is 1.93. The third-order valence-corrected chi connectivity index (χ3v) is 4.68. The summed E-state index contributed by atoms with van der Waals surface area (Å²) in [5.74, 6) is 0.898. The Morgan fingerprint density at radius 3 is 2.39 bits per heavy atom. The van der Waals surface area contributed by atoms with Crippen LogP contribution >= 0.6 is 0 Å². The molecule has 128 valence electrons. The fourth-order valence-corrected chi connectivity index (χ4v) is 2.98. The lowest BCUT2D eigenvalue weighted by atomic mass is 10.2. The number of guanidine groups is 1. The normalized spacial score (nSPS) is 16.5. The molecule has 1 aromatic rings.